The van der Waals surface area contributed by atoms with Gasteiger partial charge in [0.25, 0.3) is 0 Å². The summed E-state index contributed by atoms with van der Waals surface area (Å²) in [6.45, 7) is 5.49. The van der Waals surface area contributed by atoms with E-state index in [0.717, 1.165) is 5.56 Å². The average Bonchev–Trinajstić information content (AvgIpc) is 2.45. The third-order valence-corrected chi connectivity index (χ3v) is 4.08. The lowest BCUT2D eigenvalue weighted by atomic mass is 9.96. The number of carbonyl (C=O) groups is 2. The van der Waals surface area contributed by atoms with Crippen molar-refractivity contribution in [3.8, 4) is 0 Å². The van der Waals surface area contributed by atoms with Crippen LogP contribution in [0.15, 0.2) is 24.3 Å². The molecule has 0 aliphatic carbocycles. The third-order valence-electron chi connectivity index (χ3n) is 3.71. The maximum absolute atomic E-state index is 12.2. The molecule has 0 bridgehead atoms. The fourth-order valence-corrected chi connectivity index (χ4v) is 2.28. The van der Waals surface area contributed by atoms with E-state index in [9.17, 15) is 14.7 Å². The monoisotopic (exact) mass is 311 g/mol. The highest BCUT2D eigenvalue weighted by Crippen LogP contribution is 2.19. The second kappa shape index (κ2) is 8.03. The maximum atomic E-state index is 12.2. The number of benzene rings is 1. The summed E-state index contributed by atoms with van der Waals surface area (Å²) in [4.78, 5) is 23.4. The predicted octanol–water partition coefficient (Wildman–Crippen LogP) is 3.13. The van der Waals surface area contributed by atoms with Crippen LogP contribution in [0.3, 0.4) is 0 Å². The number of carboxylic acids is 1. The Kier molecular flexibility index (Phi) is 6.69. The SMILES string of the molecule is CCC(C)C(NC(=O)C(C)Cc1ccccc1Cl)C(=O)O. The second-order valence-corrected chi connectivity index (χ2v) is 5.81. The standard InChI is InChI=1S/C16H22ClNO3/c1-4-10(2)14(16(20)21)18-15(19)11(3)9-12-7-5-6-8-13(12)17/h5-8,10-11,14H,4,9H2,1-3H3,(H,18,19)(H,20,21). The Hall–Kier alpha value is -1.55. The van der Waals surface area contributed by atoms with E-state index >= 15 is 0 Å². The quantitative estimate of drug-likeness (QED) is 0.813. The first kappa shape index (κ1) is 17.5. The lowest BCUT2D eigenvalue weighted by molar-refractivity contribution is -0.143. The van der Waals surface area contributed by atoms with Gasteiger partial charge in [0.2, 0.25) is 5.91 Å². The van der Waals surface area contributed by atoms with E-state index in [0.29, 0.717) is 17.9 Å². The summed E-state index contributed by atoms with van der Waals surface area (Å²) in [5.74, 6) is -1.71. The Morgan fingerprint density at radius 1 is 1.29 bits per heavy atom. The Bertz CT molecular complexity index is 504. The summed E-state index contributed by atoms with van der Waals surface area (Å²) in [5.41, 5.74) is 0.886. The molecular formula is C16H22ClNO3. The molecule has 1 amide bonds. The normalized spacial score (nSPS) is 15.0. The summed E-state index contributed by atoms with van der Waals surface area (Å²) in [6.07, 6.45) is 1.18. The van der Waals surface area contributed by atoms with Crippen LogP contribution in [0, 0.1) is 11.8 Å². The second-order valence-electron chi connectivity index (χ2n) is 5.41. The van der Waals surface area contributed by atoms with E-state index in [1.165, 1.54) is 0 Å². The zero-order chi connectivity index (χ0) is 16.0. The van der Waals surface area contributed by atoms with Gasteiger partial charge in [-0.25, -0.2) is 4.79 Å². The molecule has 0 saturated carbocycles. The van der Waals surface area contributed by atoms with Gasteiger partial charge in [0.05, 0.1) is 0 Å². The molecule has 21 heavy (non-hydrogen) atoms. The molecule has 0 aromatic heterocycles. The van der Waals surface area contributed by atoms with Crippen LogP contribution in [0.25, 0.3) is 0 Å². The van der Waals surface area contributed by atoms with Crippen molar-refractivity contribution >= 4 is 23.5 Å². The van der Waals surface area contributed by atoms with Gasteiger partial charge in [-0.1, -0.05) is 57.0 Å². The van der Waals surface area contributed by atoms with E-state index in [1.807, 2.05) is 32.0 Å². The zero-order valence-electron chi connectivity index (χ0n) is 12.6. The average molecular weight is 312 g/mol. The number of amides is 1. The van der Waals surface area contributed by atoms with Crippen LogP contribution in [0.4, 0.5) is 0 Å². The van der Waals surface area contributed by atoms with Gasteiger partial charge in [0, 0.05) is 10.9 Å². The number of hydrogen-bond acceptors (Lipinski definition) is 2. The number of nitrogens with one attached hydrogen (secondary N) is 1. The highest BCUT2D eigenvalue weighted by molar-refractivity contribution is 6.31. The van der Waals surface area contributed by atoms with E-state index in [2.05, 4.69) is 5.32 Å². The van der Waals surface area contributed by atoms with Gasteiger partial charge >= 0.3 is 5.97 Å². The molecule has 0 spiro atoms. The molecule has 116 valence electrons. The van der Waals surface area contributed by atoms with E-state index < -0.39 is 12.0 Å². The molecule has 0 aliphatic heterocycles. The topological polar surface area (TPSA) is 66.4 Å². The fourth-order valence-electron chi connectivity index (χ4n) is 2.07. The van der Waals surface area contributed by atoms with Crippen LogP contribution in [0.2, 0.25) is 5.02 Å². The molecule has 0 radical (unpaired) electrons. The first-order valence-corrected chi connectivity index (χ1v) is 7.51. The Morgan fingerprint density at radius 2 is 1.90 bits per heavy atom. The van der Waals surface area contributed by atoms with Gasteiger partial charge in [-0.2, -0.15) is 0 Å². The van der Waals surface area contributed by atoms with Crippen molar-refractivity contribution < 1.29 is 14.7 Å². The van der Waals surface area contributed by atoms with Crippen molar-refractivity contribution in [3.63, 3.8) is 0 Å². The molecule has 1 aromatic carbocycles. The third kappa shape index (κ3) is 5.05. The Labute approximate surface area is 130 Å². The van der Waals surface area contributed by atoms with Crippen molar-refractivity contribution in [2.75, 3.05) is 0 Å². The number of halogens is 1. The largest absolute Gasteiger partial charge is 0.480 e. The number of carboxylic acid groups (broad SMARTS) is 1. The van der Waals surface area contributed by atoms with Crippen molar-refractivity contribution in [2.24, 2.45) is 11.8 Å². The molecule has 0 heterocycles. The highest BCUT2D eigenvalue weighted by Gasteiger charge is 2.27. The summed E-state index contributed by atoms with van der Waals surface area (Å²) < 4.78 is 0. The van der Waals surface area contributed by atoms with Crippen molar-refractivity contribution in [1.29, 1.82) is 0 Å². The molecule has 2 N–H and O–H groups in total. The lowest BCUT2D eigenvalue weighted by Crippen LogP contribution is -2.47. The molecule has 4 nitrogen and oxygen atoms in total. The lowest BCUT2D eigenvalue weighted by Gasteiger charge is -2.22. The van der Waals surface area contributed by atoms with Gasteiger partial charge in [-0.3, -0.25) is 4.79 Å². The molecular weight excluding hydrogens is 290 g/mol. The van der Waals surface area contributed by atoms with Crippen LogP contribution in [0.1, 0.15) is 32.8 Å². The van der Waals surface area contributed by atoms with Crippen LogP contribution >= 0.6 is 11.6 Å². The summed E-state index contributed by atoms with van der Waals surface area (Å²) >= 11 is 6.08. The molecule has 0 aliphatic rings. The van der Waals surface area contributed by atoms with Gasteiger partial charge in [0.15, 0.2) is 0 Å². The first-order chi connectivity index (χ1) is 9.86. The van der Waals surface area contributed by atoms with Crippen molar-refractivity contribution in [3.05, 3.63) is 34.9 Å². The van der Waals surface area contributed by atoms with Crippen LogP contribution in [-0.2, 0) is 16.0 Å². The van der Waals surface area contributed by atoms with Gasteiger partial charge < -0.3 is 10.4 Å². The number of rotatable bonds is 7. The van der Waals surface area contributed by atoms with Gasteiger partial charge in [0.1, 0.15) is 6.04 Å². The van der Waals surface area contributed by atoms with Crippen LogP contribution in [0.5, 0.6) is 0 Å². The number of carbonyl (C=O) groups excluding carboxylic acids is 1. The summed E-state index contributed by atoms with van der Waals surface area (Å²) in [7, 11) is 0. The number of hydrogen-bond donors (Lipinski definition) is 2. The maximum Gasteiger partial charge on any atom is 0.326 e. The smallest absolute Gasteiger partial charge is 0.326 e. The summed E-state index contributed by atoms with van der Waals surface area (Å²) in [5, 5.41) is 12.4. The van der Waals surface area contributed by atoms with Gasteiger partial charge in [-0.15, -0.1) is 0 Å². The van der Waals surface area contributed by atoms with Crippen molar-refractivity contribution in [1.82, 2.24) is 5.32 Å². The van der Waals surface area contributed by atoms with Gasteiger partial charge in [-0.05, 0) is 24.0 Å². The number of aliphatic carboxylic acids is 1. The molecule has 0 fully saturated rings. The highest BCUT2D eigenvalue weighted by atomic mass is 35.5. The zero-order valence-corrected chi connectivity index (χ0v) is 13.4. The first-order valence-electron chi connectivity index (χ1n) is 7.13. The molecule has 3 unspecified atom stereocenters. The molecule has 1 aromatic rings. The van der Waals surface area contributed by atoms with E-state index in [4.69, 9.17) is 11.6 Å². The van der Waals surface area contributed by atoms with Crippen molar-refractivity contribution in [2.45, 2.75) is 39.7 Å². The minimum Gasteiger partial charge on any atom is -0.480 e. The minimum absolute atomic E-state index is 0.112. The fraction of sp³-hybridized carbons (Fsp3) is 0.500. The van der Waals surface area contributed by atoms with E-state index in [1.54, 1.807) is 13.0 Å². The van der Waals surface area contributed by atoms with Crippen LogP contribution < -0.4 is 5.32 Å². The molecule has 5 heteroatoms. The summed E-state index contributed by atoms with van der Waals surface area (Å²) in [6, 6.07) is 6.50. The van der Waals surface area contributed by atoms with E-state index in [-0.39, 0.29) is 17.7 Å². The Morgan fingerprint density at radius 3 is 2.43 bits per heavy atom. The van der Waals surface area contributed by atoms with Crippen LogP contribution in [-0.4, -0.2) is 23.0 Å². The minimum atomic E-state index is -0.998. The molecule has 1 rings (SSSR count). The Balaban J connectivity index is 2.70. The molecule has 3 atom stereocenters. The molecule has 0 saturated heterocycles. The predicted molar refractivity (Wildman–Crippen MR) is 83.3 cm³/mol.